The van der Waals surface area contributed by atoms with E-state index in [2.05, 4.69) is 5.32 Å². The van der Waals surface area contributed by atoms with Gasteiger partial charge in [-0.15, -0.1) is 0 Å². The zero-order valence-corrected chi connectivity index (χ0v) is 10.6. The molecule has 0 aromatic carbocycles. The third-order valence-electron chi connectivity index (χ3n) is 3.05. The SMILES string of the molecule is CCCC1NC(=O)C(C(C)C)N(CC)C1=O. The summed E-state index contributed by atoms with van der Waals surface area (Å²) in [7, 11) is 0. The Hall–Kier alpha value is -1.06. The third kappa shape index (κ3) is 2.36. The molecule has 0 spiro atoms. The summed E-state index contributed by atoms with van der Waals surface area (Å²) in [5.74, 6) is 0.226. The monoisotopic (exact) mass is 226 g/mol. The van der Waals surface area contributed by atoms with Gasteiger partial charge in [-0.05, 0) is 19.3 Å². The van der Waals surface area contributed by atoms with E-state index in [1.54, 1.807) is 4.90 Å². The molecule has 16 heavy (non-hydrogen) atoms. The summed E-state index contributed by atoms with van der Waals surface area (Å²) in [4.78, 5) is 25.8. The normalized spacial score (nSPS) is 26.2. The number of piperazine rings is 1. The topological polar surface area (TPSA) is 49.4 Å². The van der Waals surface area contributed by atoms with Gasteiger partial charge in [0.15, 0.2) is 0 Å². The molecule has 0 radical (unpaired) electrons. The predicted octanol–water partition coefficient (Wildman–Crippen LogP) is 1.16. The molecule has 2 unspecified atom stereocenters. The highest BCUT2D eigenvalue weighted by Crippen LogP contribution is 2.18. The lowest BCUT2D eigenvalue weighted by atomic mass is 9.96. The standard InChI is InChI=1S/C12H22N2O2/c1-5-7-9-12(16)14(6-2)10(8(3)4)11(15)13-9/h8-10H,5-7H2,1-4H3,(H,13,15). The van der Waals surface area contributed by atoms with Gasteiger partial charge in [0, 0.05) is 6.54 Å². The van der Waals surface area contributed by atoms with E-state index in [0.29, 0.717) is 6.54 Å². The van der Waals surface area contributed by atoms with Crippen LogP contribution in [-0.4, -0.2) is 35.3 Å². The molecular weight excluding hydrogens is 204 g/mol. The second-order valence-electron chi connectivity index (χ2n) is 4.66. The summed E-state index contributed by atoms with van der Waals surface area (Å²) >= 11 is 0. The van der Waals surface area contributed by atoms with Crippen LogP contribution in [0.25, 0.3) is 0 Å². The van der Waals surface area contributed by atoms with Crippen LogP contribution in [0, 0.1) is 5.92 Å². The van der Waals surface area contributed by atoms with E-state index in [9.17, 15) is 9.59 Å². The van der Waals surface area contributed by atoms with Crippen LogP contribution in [0.5, 0.6) is 0 Å². The molecule has 4 nitrogen and oxygen atoms in total. The molecule has 1 saturated heterocycles. The fourth-order valence-electron chi connectivity index (χ4n) is 2.30. The van der Waals surface area contributed by atoms with Crippen molar-refractivity contribution in [3.05, 3.63) is 0 Å². The van der Waals surface area contributed by atoms with Gasteiger partial charge in [0.2, 0.25) is 11.8 Å². The second-order valence-corrected chi connectivity index (χ2v) is 4.66. The maximum atomic E-state index is 12.1. The molecule has 1 fully saturated rings. The highest BCUT2D eigenvalue weighted by atomic mass is 16.2. The zero-order chi connectivity index (χ0) is 12.3. The summed E-state index contributed by atoms with van der Waals surface area (Å²) in [6, 6.07) is -0.613. The van der Waals surface area contributed by atoms with Crippen LogP contribution in [0.15, 0.2) is 0 Å². The van der Waals surface area contributed by atoms with Crippen LogP contribution in [0.4, 0.5) is 0 Å². The van der Waals surface area contributed by atoms with Crippen LogP contribution < -0.4 is 5.32 Å². The fraction of sp³-hybridized carbons (Fsp3) is 0.833. The smallest absolute Gasteiger partial charge is 0.245 e. The molecule has 1 N–H and O–H groups in total. The first-order valence-electron chi connectivity index (χ1n) is 6.13. The number of hydrogen-bond donors (Lipinski definition) is 1. The van der Waals surface area contributed by atoms with Crippen LogP contribution in [-0.2, 0) is 9.59 Å². The van der Waals surface area contributed by atoms with E-state index in [0.717, 1.165) is 12.8 Å². The van der Waals surface area contributed by atoms with Gasteiger partial charge in [-0.1, -0.05) is 27.2 Å². The number of likely N-dealkylation sites (N-methyl/N-ethyl adjacent to an activating group) is 1. The van der Waals surface area contributed by atoms with Gasteiger partial charge in [0.05, 0.1) is 0 Å². The minimum absolute atomic E-state index is 0.00472. The van der Waals surface area contributed by atoms with Crippen LogP contribution in [0.2, 0.25) is 0 Å². The molecule has 0 aromatic rings. The van der Waals surface area contributed by atoms with Gasteiger partial charge in [0.25, 0.3) is 0 Å². The van der Waals surface area contributed by atoms with Gasteiger partial charge < -0.3 is 10.2 Å². The quantitative estimate of drug-likeness (QED) is 0.782. The van der Waals surface area contributed by atoms with Crippen LogP contribution >= 0.6 is 0 Å². The first-order valence-corrected chi connectivity index (χ1v) is 6.13. The Labute approximate surface area is 97.4 Å². The van der Waals surface area contributed by atoms with Crippen molar-refractivity contribution in [2.45, 2.75) is 52.6 Å². The average molecular weight is 226 g/mol. The lowest BCUT2D eigenvalue weighted by Crippen LogP contribution is -2.64. The molecule has 0 aliphatic carbocycles. The molecule has 0 aromatic heterocycles. The van der Waals surface area contributed by atoms with Gasteiger partial charge in [0.1, 0.15) is 12.1 Å². The van der Waals surface area contributed by atoms with E-state index in [1.165, 1.54) is 0 Å². The number of carbonyl (C=O) groups is 2. The van der Waals surface area contributed by atoms with Crippen molar-refractivity contribution in [1.82, 2.24) is 10.2 Å². The molecule has 1 rings (SSSR count). The van der Waals surface area contributed by atoms with Gasteiger partial charge in [-0.25, -0.2) is 0 Å². The van der Waals surface area contributed by atoms with E-state index in [-0.39, 0.29) is 29.8 Å². The highest BCUT2D eigenvalue weighted by molar-refractivity contribution is 5.97. The Morgan fingerprint density at radius 2 is 1.94 bits per heavy atom. The Bertz CT molecular complexity index is 276. The zero-order valence-electron chi connectivity index (χ0n) is 10.6. The highest BCUT2D eigenvalue weighted by Gasteiger charge is 2.40. The van der Waals surface area contributed by atoms with Crippen LogP contribution in [0.1, 0.15) is 40.5 Å². The molecule has 1 aliphatic rings. The Balaban J connectivity index is 2.87. The third-order valence-corrected chi connectivity index (χ3v) is 3.05. The summed E-state index contributed by atoms with van der Waals surface area (Å²) in [5.41, 5.74) is 0. The molecule has 0 saturated carbocycles. The summed E-state index contributed by atoms with van der Waals surface area (Å²) in [5, 5.41) is 2.83. The summed E-state index contributed by atoms with van der Waals surface area (Å²) in [6.45, 7) is 8.50. The van der Waals surface area contributed by atoms with Crippen molar-refractivity contribution in [1.29, 1.82) is 0 Å². The van der Waals surface area contributed by atoms with Gasteiger partial charge in [-0.3, -0.25) is 9.59 Å². The number of nitrogens with one attached hydrogen (secondary N) is 1. The first kappa shape index (κ1) is 13.0. The summed E-state index contributed by atoms with van der Waals surface area (Å²) < 4.78 is 0. The van der Waals surface area contributed by atoms with E-state index in [4.69, 9.17) is 0 Å². The molecule has 4 heteroatoms. The predicted molar refractivity (Wildman–Crippen MR) is 62.9 cm³/mol. The maximum absolute atomic E-state index is 12.1. The molecule has 92 valence electrons. The summed E-state index contributed by atoms with van der Waals surface area (Å²) in [6.07, 6.45) is 1.63. The lowest BCUT2D eigenvalue weighted by molar-refractivity contribution is -0.151. The Morgan fingerprint density at radius 1 is 1.31 bits per heavy atom. The number of rotatable bonds is 4. The minimum Gasteiger partial charge on any atom is -0.342 e. The van der Waals surface area contributed by atoms with E-state index in [1.807, 2.05) is 27.7 Å². The van der Waals surface area contributed by atoms with Crippen molar-refractivity contribution in [2.75, 3.05) is 6.54 Å². The molecule has 1 aliphatic heterocycles. The largest absolute Gasteiger partial charge is 0.342 e. The number of hydrogen-bond acceptors (Lipinski definition) is 2. The maximum Gasteiger partial charge on any atom is 0.245 e. The lowest BCUT2D eigenvalue weighted by Gasteiger charge is -2.40. The fourth-order valence-corrected chi connectivity index (χ4v) is 2.30. The molecular formula is C12H22N2O2. The number of amides is 2. The van der Waals surface area contributed by atoms with Crippen molar-refractivity contribution in [2.24, 2.45) is 5.92 Å². The molecule has 2 amide bonds. The first-order chi connectivity index (χ1) is 7.52. The van der Waals surface area contributed by atoms with Crippen molar-refractivity contribution < 1.29 is 9.59 Å². The van der Waals surface area contributed by atoms with E-state index >= 15 is 0 Å². The number of nitrogens with zero attached hydrogens (tertiary/aromatic N) is 1. The van der Waals surface area contributed by atoms with Gasteiger partial charge >= 0.3 is 0 Å². The van der Waals surface area contributed by atoms with E-state index < -0.39 is 0 Å². The van der Waals surface area contributed by atoms with Gasteiger partial charge in [-0.2, -0.15) is 0 Å². The molecule has 2 atom stereocenters. The Morgan fingerprint density at radius 3 is 2.38 bits per heavy atom. The minimum atomic E-state index is -0.313. The molecule has 0 bridgehead atoms. The molecule has 1 heterocycles. The van der Waals surface area contributed by atoms with Crippen molar-refractivity contribution >= 4 is 11.8 Å². The average Bonchev–Trinajstić information content (AvgIpc) is 2.22. The van der Waals surface area contributed by atoms with Crippen molar-refractivity contribution in [3.8, 4) is 0 Å². The number of carbonyl (C=O) groups excluding carboxylic acids is 2. The second kappa shape index (κ2) is 5.32. The Kier molecular flexibility index (Phi) is 4.33. The van der Waals surface area contributed by atoms with Crippen LogP contribution in [0.3, 0.4) is 0 Å². The van der Waals surface area contributed by atoms with Crippen molar-refractivity contribution in [3.63, 3.8) is 0 Å².